The molecule has 0 spiro atoms. The van der Waals surface area contributed by atoms with E-state index in [1.165, 1.54) is 12.1 Å². The second kappa shape index (κ2) is 6.32. The van der Waals surface area contributed by atoms with E-state index in [-0.39, 0.29) is 29.0 Å². The maximum Gasteiger partial charge on any atom is 0.407 e. The Labute approximate surface area is 162 Å². The summed E-state index contributed by atoms with van der Waals surface area (Å²) in [7, 11) is 0. The van der Waals surface area contributed by atoms with Crippen molar-refractivity contribution in [3.8, 4) is 0 Å². The lowest BCUT2D eigenvalue weighted by Gasteiger charge is -2.23. The number of benzene rings is 1. The summed E-state index contributed by atoms with van der Waals surface area (Å²) in [5.41, 5.74) is -0.156. The number of nitrogens with one attached hydrogen (secondary N) is 1. The molecular formula is C20H22N2O6. The molecule has 8 heteroatoms. The van der Waals surface area contributed by atoms with Crippen LogP contribution >= 0.6 is 0 Å². The fourth-order valence-corrected chi connectivity index (χ4v) is 4.09. The van der Waals surface area contributed by atoms with Gasteiger partial charge in [0.1, 0.15) is 5.60 Å². The van der Waals surface area contributed by atoms with Gasteiger partial charge < -0.3 is 14.9 Å². The summed E-state index contributed by atoms with van der Waals surface area (Å²) >= 11 is 0. The van der Waals surface area contributed by atoms with Crippen LogP contribution in [0.5, 0.6) is 0 Å². The van der Waals surface area contributed by atoms with E-state index >= 15 is 0 Å². The maximum atomic E-state index is 12.6. The lowest BCUT2D eigenvalue weighted by Crippen LogP contribution is -2.40. The first-order valence-corrected chi connectivity index (χ1v) is 9.35. The van der Waals surface area contributed by atoms with Gasteiger partial charge >= 0.3 is 12.1 Å². The molecule has 1 aromatic rings. The molecule has 148 valence electrons. The topological polar surface area (TPSA) is 102 Å². The Morgan fingerprint density at radius 3 is 2.21 bits per heavy atom. The van der Waals surface area contributed by atoms with Gasteiger partial charge in [-0.25, -0.2) is 9.59 Å². The van der Waals surface area contributed by atoms with Crippen molar-refractivity contribution in [3.63, 3.8) is 0 Å². The highest BCUT2D eigenvalue weighted by Gasteiger charge is 2.58. The summed E-state index contributed by atoms with van der Waals surface area (Å²) in [5.74, 6) is -2.08. The van der Waals surface area contributed by atoms with Crippen molar-refractivity contribution < 1.29 is 28.8 Å². The number of imide groups is 1. The van der Waals surface area contributed by atoms with Crippen molar-refractivity contribution in [1.29, 1.82) is 0 Å². The molecule has 8 nitrogen and oxygen atoms in total. The molecule has 4 atom stereocenters. The first-order chi connectivity index (χ1) is 13.2. The Morgan fingerprint density at radius 1 is 1.04 bits per heavy atom. The molecule has 2 aliphatic carbocycles. The third-order valence-corrected chi connectivity index (χ3v) is 5.38. The first-order valence-electron chi connectivity index (χ1n) is 9.35. The van der Waals surface area contributed by atoms with Gasteiger partial charge in [0.25, 0.3) is 11.8 Å². The summed E-state index contributed by atoms with van der Waals surface area (Å²) in [6.07, 6.45) is 0.677. The fourth-order valence-electron chi connectivity index (χ4n) is 4.09. The Bertz CT molecular complexity index is 839. The molecule has 1 aliphatic heterocycles. The molecule has 2 saturated carbocycles. The van der Waals surface area contributed by atoms with Crippen molar-refractivity contribution in [3.05, 3.63) is 35.4 Å². The minimum atomic E-state index is -0.636. The van der Waals surface area contributed by atoms with Crippen molar-refractivity contribution in [2.75, 3.05) is 0 Å². The Morgan fingerprint density at radius 2 is 1.64 bits per heavy atom. The molecule has 1 heterocycles. The van der Waals surface area contributed by atoms with E-state index in [0.717, 1.165) is 6.42 Å². The highest BCUT2D eigenvalue weighted by Crippen LogP contribution is 2.55. The van der Waals surface area contributed by atoms with Gasteiger partial charge in [-0.15, -0.1) is 0 Å². The minimum Gasteiger partial charge on any atom is -0.444 e. The molecule has 0 unspecified atom stereocenters. The van der Waals surface area contributed by atoms with E-state index in [1.54, 1.807) is 32.9 Å². The molecule has 1 N–H and O–H groups in total. The first kappa shape index (κ1) is 18.5. The molecule has 3 aliphatic rings. The summed E-state index contributed by atoms with van der Waals surface area (Å²) in [4.78, 5) is 54.5. The second-order valence-electron chi connectivity index (χ2n) is 8.52. The van der Waals surface area contributed by atoms with Crippen molar-refractivity contribution in [1.82, 2.24) is 10.4 Å². The second-order valence-corrected chi connectivity index (χ2v) is 8.52. The number of carbonyl (C=O) groups excluding carboxylic acids is 4. The van der Waals surface area contributed by atoms with E-state index in [1.807, 2.05) is 0 Å². The number of nitrogens with zero attached hydrogens (tertiary/aromatic N) is 1. The Kier molecular flexibility index (Phi) is 4.17. The number of alkyl carbamates (subject to hydrolysis) is 1. The average molecular weight is 386 g/mol. The highest BCUT2D eigenvalue weighted by atomic mass is 16.7. The van der Waals surface area contributed by atoms with Crippen molar-refractivity contribution in [2.45, 2.75) is 45.3 Å². The van der Waals surface area contributed by atoms with Crippen LogP contribution in [0, 0.1) is 17.8 Å². The highest BCUT2D eigenvalue weighted by molar-refractivity contribution is 6.20. The average Bonchev–Trinajstić information content (AvgIpc) is 3.28. The van der Waals surface area contributed by atoms with E-state index in [4.69, 9.17) is 9.57 Å². The monoisotopic (exact) mass is 386 g/mol. The standard InChI is InChI=1S/C20H22N2O6/c1-20(2,3)27-19(26)21-15-9-14(12-8-13(12)15)18(25)28-22-16(23)10-6-4-5-7-11(10)17(22)24/h4-7,12-15H,8-9H2,1-3H3,(H,21,26)/t12-,13+,14-,15+/m0/s1. The SMILES string of the molecule is CC(C)(C)OC(=O)N[C@@H]1C[C@H](C(=O)ON2C(=O)c3ccccc3C2=O)[C@H]2C[C@H]21. The van der Waals surface area contributed by atoms with Crippen molar-refractivity contribution >= 4 is 23.9 Å². The molecule has 3 amide bonds. The van der Waals surface area contributed by atoms with Crippen LogP contribution in [-0.2, 0) is 14.4 Å². The molecule has 0 aromatic heterocycles. The number of carbonyl (C=O) groups is 4. The predicted molar refractivity (Wildman–Crippen MR) is 95.9 cm³/mol. The largest absolute Gasteiger partial charge is 0.444 e. The quantitative estimate of drug-likeness (QED) is 0.800. The molecule has 4 rings (SSSR count). The van der Waals surface area contributed by atoms with Crippen LogP contribution < -0.4 is 5.32 Å². The van der Waals surface area contributed by atoms with Gasteiger partial charge in [-0.3, -0.25) is 9.59 Å². The third-order valence-electron chi connectivity index (χ3n) is 5.38. The normalized spacial score (nSPS) is 27.9. The summed E-state index contributed by atoms with van der Waals surface area (Å²) in [5, 5.41) is 3.36. The van der Waals surface area contributed by atoms with Crippen molar-refractivity contribution in [2.24, 2.45) is 17.8 Å². The Hall–Kier alpha value is -2.90. The van der Waals surface area contributed by atoms with Crippen LogP contribution in [0.4, 0.5) is 4.79 Å². The number of hydroxylamine groups is 2. The van der Waals surface area contributed by atoms with Crippen LogP contribution in [0.1, 0.15) is 54.3 Å². The number of rotatable bonds is 3. The number of fused-ring (bicyclic) bond motifs is 2. The summed E-state index contributed by atoms with van der Waals surface area (Å²) in [6.45, 7) is 5.34. The minimum absolute atomic E-state index is 0.0858. The molecule has 28 heavy (non-hydrogen) atoms. The van der Waals surface area contributed by atoms with Crippen LogP contribution in [0.2, 0.25) is 0 Å². The van der Waals surface area contributed by atoms with Gasteiger partial charge in [-0.05, 0) is 57.6 Å². The van der Waals surface area contributed by atoms with Gasteiger partial charge in [-0.1, -0.05) is 17.2 Å². The maximum absolute atomic E-state index is 12.6. The lowest BCUT2D eigenvalue weighted by atomic mass is 10.0. The van der Waals surface area contributed by atoms with E-state index in [9.17, 15) is 19.2 Å². The van der Waals surface area contributed by atoms with Crippen LogP contribution in [0.15, 0.2) is 24.3 Å². The van der Waals surface area contributed by atoms with E-state index in [0.29, 0.717) is 11.5 Å². The van der Waals surface area contributed by atoms with Gasteiger partial charge in [0.2, 0.25) is 0 Å². The number of hydrogen-bond acceptors (Lipinski definition) is 6. The number of hydrogen-bond donors (Lipinski definition) is 1. The van der Waals surface area contributed by atoms with Crippen LogP contribution in [-0.4, -0.2) is 40.6 Å². The number of ether oxygens (including phenoxy) is 1. The molecule has 2 fully saturated rings. The molecule has 0 saturated heterocycles. The summed E-state index contributed by atoms with van der Waals surface area (Å²) in [6, 6.07) is 6.16. The zero-order valence-corrected chi connectivity index (χ0v) is 15.9. The predicted octanol–water partition coefficient (Wildman–Crippen LogP) is 2.29. The zero-order valence-electron chi connectivity index (χ0n) is 15.9. The van der Waals surface area contributed by atoms with E-state index < -0.39 is 35.4 Å². The third kappa shape index (κ3) is 3.23. The zero-order chi connectivity index (χ0) is 20.2. The number of amides is 3. The lowest BCUT2D eigenvalue weighted by molar-refractivity contribution is -0.174. The molecule has 0 bridgehead atoms. The Balaban J connectivity index is 1.38. The van der Waals surface area contributed by atoms with Crippen LogP contribution in [0.25, 0.3) is 0 Å². The van der Waals surface area contributed by atoms with Gasteiger partial charge in [0, 0.05) is 6.04 Å². The van der Waals surface area contributed by atoms with Gasteiger partial charge in [-0.2, -0.15) is 0 Å². The van der Waals surface area contributed by atoms with E-state index in [2.05, 4.69) is 5.32 Å². The molecule has 1 aromatic carbocycles. The molecule has 0 radical (unpaired) electrons. The smallest absolute Gasteiger partial charge is 0.407 e. The summed E-state index contributed by atoms with van der Waals surface area (Å²) < 4.78 is 5.27. The van der Waals surface area contributed by atoms with Gasteiger partial charge in [0.15, 0.2) is 0 Å². The van der Waals surface area contributed by atoms with Gasteiger partial charge in [0.05, 0.1) is 17.0 Å². The van der Waals surface area contributed by atoms with Crippen LogP contribution in [0.3, 0.4) is 0 Å². The fraction of sp³-hybridized carbons (Fsp3) is 0.500. The molecular weight excluding hydrogens is 364 g/mol.